The maximum absolute atomic E-state index is 12.7. The van der Waals surface area contributed by atoms with E-state index in [1.54, 1.807) is 0 Å². The van der Waals surface area contributed by atoms with E-state index >= 15 is 0 Å². The molecular formula is C12H15FN2O3S. The van der Waals surface area contributed by atoms with E-state index in [0.717, 1.165) is 24.3 Å². The Hall–Kier alpha value is -1.73. The van der Waals surface area contributed by atoms with Crippen LogP contribution >= 0.6 is 0 Å². The fraction of sp³-hybridized carbons (Fsp3) is 0.250. The third-order valence-corrected chi connectivity index (χ3v) is 3.69. The predicted molar refractivity (Wildman–Crippen MR) is 69.4 cm³/mol. The highest BCUT2D eigenvalue weighted by molar-refractivity contribution is 7.89. The standard InChI is InChI=1S/C12H15FN2O3S/c1-2-8-14-12(16)7-9-15-19(17,18)11-5-3-10(13)4-6-11/h2-6,15H,1,7-9H2,(H,14,16). The molecule has 0 heterocycles. The zero-order valence-corrected chi connectivity index (χ0v) is 11.0. The van der Waals surface area contributed by atoms with E-state index in [4.69, 9.17) is 0 Å². The minimum absolute atomic E-state index is 0.0221. The molecule has 0 aliphatic heterocycles. The number of halogens is 1. The fourth-order valence-electron chi connectivity index (χ4n) is 1.27. The van der Waals surface area contributed by atoms with Gasteiger partial charge in [-0.3, -0.25) is 4.79 Å². The van der Waals surface area contributed by atoms with Crippen LogP contribution in [0.4, 0.5) is 4.39 Å². The smallest absolute Gasteiger partial charge is 0.240 e. The van der Waals surface area contributed by atoms with E-state index in [2.05, 4.69) is 16.6 Å². The Morgan fingerprint density at radius 2 is 1.95 bits per heavy atom. The molecule has 0 aromatic heterocycles. The lowest BCUT2D eigenvalue weighted by Crippen LogP contribution is -2.30. The highest BCUT2D eigenvalue weighted by Gasteiger charge is 2.13. The quantitative estimate of drug-likeness (QED) is 0.728. The van der Waals surface area contributed by atoms with Crippen LogP contribution in [0.15, 0.2) is 41.8 Å². The van der Waals surface area contributed by atoms with Gasteiger partial charge in [0.1, 0.15) is 5.82 Å². The van der Waals surface area contributed by atoms with E-state index < -0.39 is 15.8 Å². The molecule has 0 saturated carbocycles. The Balaban J connectivity index is 2.50. The molecule has 0 fully saturated rings. The molecule has 0 spiro atoms. The van der Waals surface area contributed by atoms with Crippen molar-refractivity contribution in [2.75, 3.05) is 13.1 Å². The summed E-state index contributed by atoms with van der Waals surface area (Å²) < 4.78 is 38.5. The normalized spacial score (nSPS) is 11.0. The van der Waals surface area contributed by atoms with E-state index in [1.165, 1.54) is 6.08 Å². The Labute approximate surface area is 111 Å². The first kappa shape index (κ1) is 15.3. The number of hydrogen-bond acceptors (Lipinski definition) is 3. The van der Waals surface area contributed by atoms with Crippen LogP contribution in [-0.4, -0.2) is 27.4 Å². The lowest BCUT2D eigenvalue weighted by atomic mass is 10.4. The molecule has 1 aromatic rings. The molecule has 1 rings (SSSR count). The van der Waals surface area contributed by atoms with Crippen molar-refractivity contribution in [3.05, 3.63) is 42.7 Å². The zero-order valence-electron chi connectivity index (χ0n) is 10.2. The van der Waals surface area contributed by atoms with Crippen LogP contribution in [0.3, 0.4) is 0 Å². The van der Waals surface area contributed by atoms with Crippen LogP contribution in [0.1, 0.15) is 6.42 Å². The van der Waals surface area contributed by atoms with Crippen LogP contribution in [0.5, 0.6) is 0 Å². The van der Waals surface area contributed by atoms with E-state index in [1.807, 2.05) is 0 Å². The van der Waals surface area contributed by atoms with Crippen molar-refractivity contribution in [3.8, 4) is 0 Å². The Kier molecular flexibility index (Phi) is 5.65. The first-order chi connectivity index (χ1) is 8.95. The molecule has 104 valence electrons. The highest BCUT2D eigenvalue weighted by Crippen LogP contribution is 2.09. The lowest BCUT2D eigenvalue weighted by molar-refractivity contribution is -0.120. The van der Waals surface area contributed by atoms with Gasteiger partial charge in [0.25, 0.3) is 0 Å². The van der Waals surface area contributed by atoms with Crippen molar-refractivity contribution in [2.24, 2.45) is 0 Å². The van der Waals surface area contributed by atoms with Gasteiger partial charge in [-0.15, -0.1) is 6.58 Å². The van der Waals surface area contributed by atoms with Crippen molar-refractivity contribution >= 4 is 15.9 Å². The van der Waals surface area contributed by atoms with Crippen LogP contribution in [0, 0.1) is 5.82 Å². The zero-order chi connectivity index (χ0) is 14.3. The Morgan fingerprint density at radius 3 is 2.53 bits per heavy atom. The van der Waals surface area contributed by atoms with Crippen LogP contribution in [0.2, 0.25) is 0 Å². The Bertz CT molecular complexity index is 541. The van der Waals surface area contributed by atoms with Gasteiger partial charge >= 0.3 is 0 Å². The molecular weight excluding hydrogens is 271 g/mol. The number of hydrogen-bond donors (Lipinski definition) is 2. The van der Waals surface area contributed by atoms with Crippen molar-refractivity contribution in [2.45, 2.75) is 11.3 Å². The Morgan fingerprint density at radius 1 is 1.32 bits per heavy atom. The number of rotatable bonds is 7. The third kappa shape index (κ3) is 5.19. The molecule has 2 N–H and O–H groups in total. The highest BCUT2D eigenvalue weighted by atomic mass is 32.2. The van der Waals surface area contributed by atoms with Gasteiger partial charge in [0.2, 0.25) is 15.9 Å². The first-order valence-electron chi connectivity index (χ1n) is 5.58. The van der Waals surface area contributed by atoms with E-state index in [9.17, 15) is 17.6 Å². The van der Waals surface area contributed by atoms with Gasteiger partial charge in [-0.1, -0.05) is 6.08 Å². The third-order valence-electron chi connectivity index (χ3n) is 2.21. The molecule has 0 aliphatic rings. The van der Waals surface area contributed by atoms with Crippen LogP contribution in [0.25, 0.3) is 0 Å². The lowest BCUT2D eigenvalue weighted by Gasteiger charge is -2.06. The SMILES string of the molecule is C=CCNC(=O)CCNS(=O)(=O)c1ccc(F)cc1. The number of nitrogens with one attached hydrogen (secondary N) is 2. The number of carbonyl (C=O) groups excluding carboxylic acids is 1. The number of benzene rings is 1. The summed E-state index contributed by atoms with van der Waals surface area (Å²) in [5.74, 6) is -0.788. The van der Waals surface area contributed by atoms with Crippen molar-refractivity contribution in [3.63, 3.8) is 0 Å². The fourth-order valence-corrected chi connectivity index (χ4v) is 2.30. The second kappa shape index (κ2) is 7.01. The molecule has 0 aliphatic carbocycles. The van der Waals surface area contributed by atoms with Gasteiger partial charge in [0.05, 0.1) is 4.90 Å². The number of amides is 1. The molecule has 0 atom stereocenters. The maximum atomic E-state index is 12.7. The van der Waals surface area contributed by atoms with Gasteiger partial charge in [0, 0.05) is 19.5 Å². The summed E-state index contributed by atoms with van der Waals surface area (Å²) in [6.45, 7) is 3.75. The van der Waals surface area contributed by atoms with E-state index in [0.29, 0.717) is 6.54 Å². The minimum Gasteiger partial charge on any atom is -0.353 e. The van der Waals surface area contributed by atoms with Crippen molar-refractivity contribution in [1.82, 2.24) is 10.0 Å². The summed E-state index contributed by atoms with van der Waals surface area (Å²) in [5.41, 5.74) is 0. The summed E-state index contributed by atoms with van der Waals surface area (Å²) in [7, 11) is -3.71. The monoisotopic (exact) mass is 286 g/mol. The molecule has 1 aromatic carbocycles. The van der Waals surface area contributed by atoms with Crippen molar-refractivity contribution < 1.29 is 17.6 Å². The van der Waals surface area contributed by atoms with Gasteiger partial charge < -0.3 is 5.32 Å². The number of sulfonamides is 1. The topological polar surface area (TPSA) is 75.3 Å². The molecule has 1 amide bonds. The van der Waals surface area contributed by atoms with Crippen molar-refractivity contribution in [1.29, 1.82) is 0 Å². The average molecular weight is 286 g/mol. The second-order valence-corrected chi connectivity index (χ2v) is 5.46. The second-order valence-electron chi connectivity index (χ2n) is 3.69. The van der Waals surface area contributed by atoms with Gasteiger partial charge in [-0.25, -0.2) is 17.5 Å². The molecule has 5 nitrogen and oxygen atoms in total. The largest absolute Gasteiger partial charge is 0.353 e. The predicted octanol–water partition coefficient (Wildman–Crippen LogP) is 0.796. The summed E-state index contributed by atoms with van der Waals surface area (Å²) in [5, 5.41) is 2.52. The molecule has 0 saturated heterocycles. The molecule has 19 heavy (non-hydrogen) atoms. The molecule has 7 heteroatoms. The summed E-state index contributed by atoms with van der Waals surface area (Å²) in [4.78, 5) is 11.2. The van der Waals surface area contributed by atoms with Crippen LogP contribution < -0.4 is 10.0 Å². The van der Waals surface area contributed by atoms with Gasteiger partial charge in [-0.2, -0.15) is 0 Å². The molecule has 0 bridgehead atoms. The van der Waals surface area contributed by atoms with Gasteiger partial charge in [0.15, 0.2) is 0 Å². The first-order valence-corrected chi connectivity index (χ1v) is 7.07. The minimum atomic E-state index is -3.71. The summed E-state index contributed by atoms with van der Waals surface area (Å²) in [6.07, 6.45) is 1.55. The average Bonchev–Trinajstić information content (AvgIpc) is 2.36. The summed E-state index contributed by atoms with van der Waals surface area (Å²) >= 11 is 0. The summed E-state index contributed by atoms with van der Waals surface area (Å²) in [6, 6.07) is 4.45. The number of carbonyl (C=O) groups is 1. The van der Waals surface area contributed by atoms with E-state index in [-0.39, 0.29) is 23.8 Å². The molecule has 0 unspecified atom stereocenters. The van der Waals surface area contributed by atoms with Gasteiger partial charge in [-0.05, 0) is 24.3 Å². The molecule has 0 radical (unpaired) electrons. The maximum Gasteiger partial charge on any atom is 0.240 e. The van der Waals surface area contributed by atoms with Crippen LogP contribution in [-0.2, 0) is 14.8 Å².